The molecule has 0 aromatic carbocycles. The highest BCUT2D eigenvalue weighted by Gasteiger charge is 2.17. The van der Waals surface area contributed by atoms with Crippen molar-refractivity contribution in [2.45, 2.75) is 0 Å². The summed E-state index contributed by atoms with van der Waals surface area (Å²) in [5, 5.41) is 0.254. The number of aromatic nitrogens is 3. The molecule has 92 valence electrons. The number of primary amides is 1. The van der Waals surface area contributed by atoms with Crippen LogP contribution in [-0.2, 0) is 0 Å². The molecular formula is C10H7ClN4O3. The number of pyridine rings is 1. The second-order valence-electron chi connectivity index (χ2n) is 3.21. The van der Waals surface area contributed by atoms with Crippen LogP contribution in [0.2, 0.25) is 5.15 Å². The second-order valence-corrected chi connectivity index (χ2v) is 3.59. The number of imidazole rings is 1. The summed E-state index contributed by atoms with van der Waals surface area (Å²) in [6.45, 7) is 0. The molecule has 0 saturated heterocycles. The average Bonchev–Trinajstić information content (AvgIpc) is 2.78. The first-order chi connectivity index (χ1) is 8.58. The number of nitrogens with two attached hydrogens (primary N) is 1. The minimum Gasteiger partial charge on any atom is -0.401 e. The summed E-state index contributed by atoms with van der Waals surface area (Å²) in [6, 6.07) is 2.88. The van der Waals surface area contributed by atoms with Crippen LogP contribution in [0.5, 0.6) is 5.88 Å². The lowest BCUT2D eigenvalue weighted by Crippen LogP contribution is -2.16. The van der Waals surface area contributed by atoms with E-state index in [0.29, 0.717) is 0 Å². The zero-order chi connectivity index (χ0) is 13.1. The lowest BCUT2D eigenvalue weighted by molar-refractivity contribution is 0.0725. The quantitative estimate of drug-likeness (QED) is 0.630. The number of amides is 1. The van der Waals surface area contributed by atoms with Gasteiger partial charge in [0.05, 0.1) is 11.9 Å². The first kappa shape index (κ1) is 12.1. The molecule has 1 amide bonds. The SMILES string of the molecule is NC(=O)c1[nH]cnc1OC(=O)c1ccc(Cl)nc1. The van der Waals surface area contributed by atoms with E-state index >= 15 is 0 Å². The van der Waals surface area contributed by atoms with Crippen molar-refractivity contribution in [3.8, 4) is 5.88 Å². The number of halogens is 1. The van der Waals surface area contributed by atoms with Crippen molar-refractivity contribution in [2.75, 3.05) is 0 Å². The first-order valence-corrected chi connectivity index (χ1v) is 5.12. The van der Waals surface area contributed by atoms with E-state index in [0.717, 1.165) is 0 Å². The molecule has 0 aliphatic carbocycles. The smallest absolute Gasteiger partial charge is 0.346 e. The molecule has 0 unspecified atom stereocenters. The molecule has 2 aromatic rings. The van der Waals surface area contributed by atoms with Gasteiger partial charge >= 0.3 is 5.97 Å². The second kappa shape index (κ2) is 4.84. The molecule has 18 heavy (non-hydrogen) atoms. The zero-order valence-electron chi connectivity index (χ0n) is 8.88. The molecule has 3 N–H and O–H groups in total. The van der Waals surface area contributed by atoms with Crippen LogP contribution in [0, 0.1) is 0 Å². The molecule has 0 saturated carbocycles. The van der Waals surface area contributed by atoms with E-state index < -0.39 is 11.9 Å². The molecule has 0 bridgehead atoms. The van der Waals surface area contributed by atoms with E-state index in [1.54, 1.807) is 0 Å². The van der Waals surface area contributed by atoms with Crippen molar-refractivity contribution in [1.29, 1.82) is 0 Å². The summed E-state index contributed by atoms with van der Waals surface area (Å²) in [5.41, 5.74) is 5.16. The summed E-state index contributed by atoms with van der Waals surface area (Å²) in [4.78, 5) is 32.5. The van der Waals surface area contributed by atoms with E-state index in [1.165, 1.54) is 24.7 Å². The number of H-pyrrole nitrogens is 1. The van der Waals surface area contributed by atoms with Crippen molar-refractivity contribution >= 4 is 23.5 Å². The van der Waals surface area contributed by atoms with Crippen LogP contribution in [-0.4, -0.2) is 26.8 Å². The van der Waals surface area contributed by atoms with Crippen LogP contribution in [0.4, 0.5) is 0 Å². The van der Waals surface area contributed by atoms with Gasteiger partial charge in [-0.2, -0.15) is 0 Å². The van der Waals surface area contributed by atoms with Gasteiger partial charge in [-0.15, -0.1) is 0 Å². The predicted octanol–water partition coefficient (Wildman–Crippen LogP) is 0.776. The number of ether oxygens (including phenoxy) is 1. The molecule has 0 radical (unpaired) electrons. The van der Waals surface area contributed by atoms with E-state index in [4.69, 9.17) is 22.1 Å². The minimum absolute atomic E-state index is 0.0785. The van der Waals surface area contributed by atoms with Gasteiger partial charge in [-0.25, -0.2) is 14.8 Å². The van der Waals surface area contributed by atoms with E-state index in [1.807, 2.05) is 0 Å². The monoisotopic (exact) mass is 266 g/mol. The van der Waals surface area contributed by atoms with Crippen LogP contribution in [0.15, 0.2) is 24.7 Å². The Labute approximate surface area is 106 Å². The number of hydrogen-bond donors (Lipinski definition) is 2. The van der Waals surface area contributed by atoms with Gasteiger partial charge < -0.3 is 15.5 Å². The molecule has 7 nitrogen and oxygen atoms in total. The van der Waals surface area contributed by atoms with Crippen molar-refractivity contribution in [3.05, 3.63) is 41.1 Å². The molecule has 8 heteroatoms. The minimum atomic E-state index is -0.774. The third-order valence-electron chi connectivity index (χ3n) is 2.00. The Morgan fingerprint density at radius 1 is 1.33 bits per heavy atom. The Bertz CT molecular complexity index is 593. The summed E-state index contributed by atoms with van der Waals surface area (Å²) in [6.07, 6.45) is 2.45. The fourth-order valence-corrected chi connectivity index (χ4v) is 1.29. The van der Waals surface area contributed by atoms with Crippen LogP contribution < -0.4 is 10.5 Å². The standard InChI is InChI=1S/C10H7ClN4O3/c11-6-2-1-5(3-13-6)10(17)18-9-7(8(12)16)14-4-15-9/h1-4H,(H2,12,16)(H,14,15). The Balaban J connectivity index is 2.19. The Morgan fingerprint density at radius 3 is 2.72 bits per heavy atom. The normalized spacial score (nSPS) is 10.1. The maximum Gasteiger partial charge on any atom is 0.346 e. The zero-order valence-corrected chi connectivity index (χ0v) is 9.64. The van der Waals surface area contributed by atoms with Gasteiger partial charge in [0.25, 0.3) is 11.8 Å². The maximum atomic E-state index is 11.7. The molecule has 2 aromatic heterocycles. The van der Waals surface area contributed by atoms with Gasteiger partial charge in [0, 0.05) is 6.20 Å². The third-order valence-corrected chi connectivity index (χ3v) is 2.23. The Kier molecular flexibility index (Phi) is 3.24. The van der Waals surface area contributed by atoms with Gasteiger partial charge in [-0.3, -0.25) is 4.79 Å². The maximum absolute atomic E-state index is 11.7. The van der Waals surface area contributed by atoms with Crippen molar-refractivity contribution in [3.63, 3.8) is 0 Å². The Morgan fingerprint density at radius 2 is 2.11 bits per heavy atom. The highest BCUT2D eigenvalue weighted by molar-refractivity contribution is 6.29. The number of rotatable bonds is 3. The van der Waals surface area contributed by atoms with Gasteiger partial charge in [-0.05, 0) is 12.1 Å². The summed E-state index contributed by atoms with van der Waals surface area (Å²) >= 11 is 5.58. The predicted molar refractivity (Wildman–Crippen MR) is 61.3 cm³/mol. The lowest BCUT2D eigenvalue weighted by Gasteiger charge is -2.02. The molecule has 2 heterocycles. The van der Waals surface area contributed by atoms with Crippen LogP contribution in [0.3, 0.4) is 0 Å². The summed E-state index contributed by atoms with van der Waals surface area (Å²) in [5.74, 6) is -1.67. The molecule has 0 spiro atoms. The number of nitrogens with zero attached hydrogens (tertiary/aromatic N) is 2. The number of esters is 1. The fraction of sp³-hybridized carbons (Fsp3) is 0. The highest BCUT2D eigenvalue weighted by atomic mass is 35.5. The van der Waals surface area contributed by atoms with Crippen LogP contribution in [0.25, 0.3) is 0 Å². The van der Waals surface area contributed by atoms with E-state index in [-0.39, 0.29) is 22.3 Å². The number of aromatic amines is 1. The van der Waals surface area contributed by atoms with E-state index in [2.05, 4.69) is 15.0 Å². The Hall–Kier alpha value is -2.41. The number of hydrogen-bond acceptors (Lipinski definition) is 5. The highest BCUT2D eigenvalue weighted by Crippen LogP contribution is 2.14. The van der Waals surface area contributed by atoms with Crippen molar-refractivity contribution < 1.29 is 14.3 Å². The van der Waals surface area contributed by atoms with Crippen molar-refractivity contribution in [2.24, 2.45) is 5.73 Å². The average molecular weight is 267 g/mol. The number of carbonyl (C=O) groups is 2. The first-order valence-electron chi connectivity index (χ1n) is 4.75. The van der Waals surface area contributed by atoms with E-state index in [9.17, 15) is 9.59 Å². The summed E-state index contributed by atoms with van der Waals surface area (Å²) < 4.78 is 4.91. The molecule has 0 aliphatic heterocycles. The van der Waals surface area contributed by atoms with Crippen LogP contribution in [0.1, 0.15) is 20.8 Å². The van der Waals surface area contributed by atoms with Gasteiger partial charge in [-0.1, -0.05) is 11.6 Å². The molecule has 0 aliphatic rings. The summed E-state index contributed by atoms with van der Waals surface area (Å²) in [7, 11) is 0. The number of carbonyl (C=O) groups excluding carboxylic acids is 2. The topological polar surface area (TPSA) is 111 Å². The fourth-order valence-electron chi connectivity index (χ4n) is 1.18. The van der Waals surface area contributed by atoms with Gasteiger partial charge in [0.1, 0.15) is 5.15 Å². The van der Waals surface area contributed by atoms with Gasteiger partial charge in [0.2, 0.25) is 0 Å². The largest absolute Gasteiger partial charge is 0.401 e. The van der Waals surface area contributed by atoms with Gasteiger partial charge in [0.15, 0.2) is 5.69 Å². The molecular weight excluding hydrogens is 260 g/mol. The molecule has 2 rings (SSSR count). The van der Waals surface area contributed by atoms with Crippen LogP contribution >= 0.6 is 11.6 Å². The molecule has 0 atom stereocenters. The van der Waals surface area contributed by atoms with Crippen molar-refractivity contribution in [1.82, 2.24) is 15.0 Å². The number of nitrogens with one attached hydrogen (secondary N) is 1. The lowest BCUT2D eigenvalue weighted by atomic mass is 10.3. The third kappa shape index (κ3) is 2.46. The molecule has 0 fully saturated rings.